The molecule has 1 aliphatic carbocycles. The minimum absolute atomic E-state index is 0.305. The van der Waals surface area contributed by atoms with E-state index in [0.29, 0.717) is 6.04 Å². The normalized spacial score (nSPS) is 19.0. The first-order chi connectivity index (χ1) is 12.8. The van der Waals surface area contributed by atoms with E-state index >= 15 is 0 Å². The van der Waals surface area contributed by atoms with Gasteiger partial charge in [0, 0.05) is 25.5 Å². The summed E-state index contributed by atoms with van der Waals surface area (Å²) in [4.78, 5) is 4.65. The number of aryl methyl sites for hydroxylation is 1. The Balaban J connectivity index is 1.55. The Morgan fingerprint density at radius 1 is 1.27 bits per heavy atom. The smallest absolute Gasteiger partial charge is 0.161 e. The molecular weight excluding hydrogens is 326 g/mol. The zero-order valence-corrected chi connectivity index (χ0v) is 15.0. The molecule has 2 aromatic heterocycles. The lowest BCUT2D eigenvalue weighted by Gasteiger charge is -2.28. The van der Waals surface area contributed by atoms with Gasteiger partial charge in [0.2, 0.25) is 0 Å². The van der Waals surface area contributed by atoms with Crippen molar-refractivity contribution in [2.45, 2.75) is 38.4 Å². The summed E-state index contributed by atoms with van der Waals surface area (Å²) in [5, 5.41) is 8.21. The fourth-order valence-corrected chi connectivity index (χ4v) is 4.25. The van der Waals surface area contributed by atoms with Crippen LogP contribution in [0.5, 0.6) is 5.75 Å². The molecule has 1 N–H and O–H groups in total. The predicted octanol–water partition coefficient (Wildman–Crippen LogP) is 2.78. The highest BCUT2D eigenvalue weighted by molar-refractivity contribution is 5.52. The molecular formula is C20H23N5O. The van der Waals surface area contributed by atoms with E-state index in [9.17, 15) is 0 Å². The van der Waals surface area contributed by atoms with Crippen LogP contribution in [0.15, 0.2) is 36.7 Å². The van der Waals surface area contributed by atoms with Crippen molar-refractivity contribution in [2.75, 3.05) is 13.7 Å². The number of fused-ring (bicyclic) bond motifs is 2. The van der Waals surface area contributed by atoms with E-state index in [1.807, 2.05) is 6.20 Å². The van der Waals surface area contributed by atoms with Crippen molar-refractivity contribution < 1.29 is 4.74 Å². The molecule has 1 aliphatic heterocycles. The summed E-state index contributed by atoms with van der Waals surface area (Å²) in [6.07, 6.45) is 7.39. The lowest BCUT2D eigenvalue weighted by Crippen LogP contribution is -2.28. The number of benzene rings is 1. The number of methoxy groups -OCH3 is 1. The van der Waals surface area contributed by atoms with Crippen molar-refractivity contribution in [1.29, 1.82) is 0 Å². The second-order valence-electron chi connectivity index (χ2n) is 7.05. The topological polar surface area (TPSA) is 56.9 Å². The number of rotatable bonds is 3. The Bertz CT molecular complexity index is 918. The van der Waals surface area contributed by atoms with Crippen LogP contribution in [0.4, 0.5) is 0 Å². The maximum absolute atomic E-state index is 5.41. The van der Waals surface area contributed by atoms with Crippen molar-refractivity contribution in [3.8, 4) is 17.3 Å². The third-order valence-corrected chi connectivity index (χ3v) is 5.54. The molecule has 5 rings (SSSR count). The molecule has 0 radical (unpaired) electrons. The number of hydrogen-bond donors (Lipinski definition) is 1. The molecule has 3 aromatic rings. The van der Waals surface area contributed by atoms with E-state index < -0.39 is 0 Å². The van der Waals surface area contributed by atoms with Crippen LogP contribution in [0.2, 0.25) is 0 Å². The minimum atomic E-state index is 0.305. The Kier molecular flexibility index (Phi) is 3.78. The van der Waals surface area contributed by atoms with Gasteiger partial charge in [-0.05, 0) is 48.6 Å². The molecule has 0 unspecified atom stereocenters. The Morgan fingerprint density at radius 2 is 2.23 bits per heavy atom. The number of hydrogen-bond acceptors (Lipinski definition) is 4. The zero-order chi connectivity index (χ0) is 17.5. The highest BCUT2D eigenvalue weighted by atomic mass is 16.5. The van der Waals surface area contributed by atoms with E-state index in [1.54, 1.807) is 7.11 Å². The van der Waals surface area contributed by atoms with Crippen LogP contribution in [0.1, 0.15) is 35.7 Å². The van der Waals surface area contributed by atoms with Crippen molar-refractivity contribution >= 4 is 0 Å². The summed E-state index contributed by atoms with van der Waals surface area (Å²) < 4.78 is 9.81. The van der Waals surface area contributed by atoms with Crippen LogP contribution < -0.4 is 10.1 Å². The van der Waals surface area contributed by atoms with E-state index in [-0.39, 0.29) is 0 Å². The van der Waals surface area contributed by atoms with Gasteiger partial charge in [0.25, 0.3) is 0 Å². The molecule has 3 heterocycles. The standard InChI is InChI=1S/C20H23N5O/c1-26-16-5-6-17-14(11-16)3-2-4-19(17)24-9-8-22-20(24)18-12-15-13-21-7-10-25(15)23-18/h5-6,8-9,11-12,19,21H,2-4,7,10,13H2,1H3/t19-/m1/s1. The molecule has 134 valence electrons. The summed E-state index contributed by atoms with van der Waals surface area (Å²) in [5.41, 5.74) is 4.96. The number of imidazole rings is 1. The maximum Gasteiger partial charge on any atom is 0.161 e. The summed E-state index contributed by atoms with van der Waals surface area (Å²) in [6.45, 7) is 2.77. The van der Waals surface area contributed by atoms with E-state index in [1.165, 1.54) is 23.2 Å². The molecule has 0 spiro atoms. The third-order valence-electron chi connectivity index (χ3n) is 5.54. The zero-order valence-electron chi connectivity index (χ0n) is 15.0. The lowest BCUT2D eigenvalue weighted by atomic mass is 9.87. The van der Waals surface area contributed by atoms with Crippen molar-refractivity contribution in [1.82, 2.24) is 24.6 Å². The molecule has 0 bridgehead atoms. The van der Waals surface area contributed by atoms with Gasteiger partial charge in [-0.2, -0.15) is 5.10 Å². The molecule has 2 aliphatic rings. The maximum atomic E-state index is 5.41. The molecule has 0 amide bonds. The second-order valence-corrected chi connectivity index (χ2v) is 7.05. The largest absolute Gasteiger partial charge is 0.497 e. The average molecular weight is 349 g/mol. The first kappa shape index (κ1) is 15.6. The fraction of sp³-hybridized carbons (Fsp3) is 0.400. The molecule has 0 saturated carbocycles. The first-order valence-electron chi connectivity index (χ1n) is 9.31. The molecule has 1 aromatic carbocycles. The van der Waals surface area contributed by atoms with Crippen molar-refractivity contribution in [3.05, 3.63) is 53.5 Å². The van der Waals surface area contributed by atoms with Crippen molar-refractivity contribution in [2.24, 2.45) is 0 Å². The van der Waals surface area contributed by atoms with Crippen LogP contribution in [-0.4, -0.2) is 33.0 Å². The van der Waals surface area contributed by atoms with Crippen LogP contribution in [0.3, 0.4) is 0 Å². The number of nitrogens with zero attached hydrogens (tertiary/aromatic N) is 4. The fourth-order valence-electron chi connectivity index (χ4n) is 4.25. The number of nitrogens with one attached hydrogen (secondary N) is 1. The van der Waals surface area contributed by atoms with Gasteiger partial charge in [-0.3, -0.25) is 4.68 Å². The van der Waals surface area contributed by atoms with Gasteiger partial charge in [0.1, 0.15) is 11.4 Å². The predicted molar refractivity (Wildman–Crippen MR) is 99.2 cm³/mol. The Labute approximate surface area is 152 Å². The van der Waals surface area contributed by atoms with Gasteiger partial charge in [0.15, 0.2) is 5.82 Å². The van der Waals surface area contributed by atoms with Crippen molar-refractivity contribution in [3.63, 3.8) is 0 Å². The van der Waals surface area contributed by atoms with E-state index in [0.717, 1.165) is 49.7 Å². The van der Waals surface area contributed by atoms with Crippen LogP contribution in [-0.2, 0) is 19.5 Å². The van der Waals surface area contributed by atoms with Gasteiger partial charge < -0.3 is 14.6 Å². The highest BCUT2D eigenvalue weighted by Crippen LogP contribution is 2.37. The quantitative estimate of drug-likeness (QED) is 0.790. The highest BCUT2D eigenvalue weighted by Gasteiger charge is 2.25. The van der Waals surface area contributed by atoms with E-state index in [2.05, 4.69) is 50.0 Å². The first-order valence-corrected chi connectivity index (χ1v) is 9.31. The second kappa shape index (κ2) is 6.29. The van der Waals surface area contributed by atoms with Crippen LogP contribution >= 0.6 is 0 Å². The summed E-state index contributed by atoms with van der Waals surface area (Å²) in [7, 11) is 1.73. The third kappa shape index (κ3) is 2.52. The van der Waals surface area contributed by atoms with Gasteiger partial charge in [-0.15, -0.1) is 0 Å². The van der Waals surface area contributed by atoms with Gasteiger partial charge in [-0.1, -0.05) is 6.07 Å². The Hall–Kier alpha value is -2.60. The number of aromatic nitrogens is 4. The average Bonchev–Trinajstić information content (AvgIpc) is 3.33. The summed E-state index contributed by atoms with van der Waals surface area (Å²) in [5.74, 6) is 1.89. The molecule has 0 saturated heterocycles. The minimum Gasteiger partial charge on any atom is -0.497 e. The van der Waals surface area contributed by atoms with Gasteiger partial charge in [0.05, 0.1) is 25.4 Å². The Morgan fingerprint density at radius 3 is 3.12 bits per heavy atom. The summed E-state index contributed by atoms with van der Waals surface area (Å²) in [6, 6.07) is 8.93. The number of ether oxygens (including phenoxy) is 1. The van der Waals surface area contributed by atoms with Gasteiger partial charge in [-0.25, -0.2) is 4.98 Å². The lowest BCUT2D eigenvalue weighted by molar-refractivity contribution is 0.412. The molecule has 6 heteroatoms. The van der Waals surface area contributed by atoms with E-state index in [4.69, 9.17) is 9.84 Å². The molecule has 6 nitrogen and oxygen atoms in total. The SMILES string of the molecule is COc1ccc2c(c1)CCC[C@H]2n1ccnc1-c1cc2n(n1)CCNC2. The molecule has 26 heavy (non-hydrogen) atoms. The monoisotopic (exact) mass is 349 g/mol. The molecule has 0 fully saturated rings. The van der Waals surface area contributed by atoms with Gasteiger partial charge >= 0.3 is 0 Å². The van der Waals surface area contributed by atoms with Crippen LogP contribution in [0.25, 0.3) is 11.5 Å². The van der Waals surface area contributed by atoms with Crippen LogP contribution in [0, 0.1) is 0 Å². The molecule has 1 atom stereocenters. The summed E-state index contributed by atoms with van der Waals surface area (Å²) >= 11 is 0.